The number of halogens is 1. The molecule has 5 N–H and O–H groups in total. The molecule has 0 atom stereocenters. The van der Waals surface area contributed by atoms with Crippen LogP contribution in [0.3, 0.4) is 0 Å². The number of aromatic amines is 1. The molecule has 6 rings (SSSR count). The molecular weight excluding hydrogens is 469 g/mol. The summed E-state index contributed by atoms with van der Waals surface area (Å²) in [6.45, 7) is 2.05. The van der Waals surface area contributed by atoms with Crippen LogP contribution < -0.4 is 11.1 Å². The molecule has 1 aliphatic rings. The van der Waals surface area contributed by atoms with Crippen LogP contribution in [0.25, 0.3) is 39.0 Å². The number of carbonyl (C=O) groups is 1. The molecule has 0 bridgehead atoms. The van der Waals surface area contributed by atoms with Gasteiger partial charge in [-0.15, -0.1) is 0 Å². The number of hydrogen-bond donors (Lipinski definition) is 4. The number of hydrogen-bond acceptors (Lipinski definition) is 4. The van der Waals surface area contributed by atoms with E-state index in [-0.39, 0.29) is 18.0 Å². The van der Waals surface area contributed by atoms with Crippen molar-refractivity contribution < 1.29 is 14.3 Å². The van der Waals surface area contributed by atoms with Crippen LogP contribution in [0.15, 0.2) is 60.8 Å². The summed E-state index contributed by atoms with van der Waals surface area (Å²) in [5.74, 6) is -0.114. The molecule has 1 amide bonds. The van der Waals surface area contributed by atoms with Gasteiger partial charge >= 0.3 is 0 Å². The maximum absolute atomic E-state index is 13.7. The quantitative estimate of drug-likeness (QED) is 0.259. The number of amides is 1. The number of imidazole rings is 1. The van der Waals surface area contributed by atoms with Crippen LogP contribution in [-0.2, 0) is 0 Å². The van der Waals surface area contributed by atoms with Crippen molar-refractivity contribution in [3.05, 3.63) is 77.7 Å². The molecule has 5 aromatic rings. The molecule has 2 aromatic heterocycles. The first kappa shape index (κ1) is 23.2. The molecule has 2 heterocycles. The third-order valence-corrected chi connectivity index (χ3v) is 7.32. The Kier molecular flexibility index (Phi) is 5.68. The Hall–Kier alpha value is -4.17. The molecule has 0 radical (unpaired) electrons. The van der Waals surface area contributed by atoms with Gasteiger partial charge < -0.3 is 25.7 Å². The minimum absolute atomic E-state index is 0.171. The minimum atomic E-state index is -0.484. The van der Waals surface area contributed by atoms with E-state index in [1.807, 2.05) is 30.3 Å². The first-order valence-corrected chi connectivity index (χ1v) is 12.5. The van der Waals surface area contributed by atoms with Gasteiger partial charge in [-0.1, -0.05) is 12.1 Å². The van der Waals surface area contributed by atoms with Crippen molar-refractivity contribution in [2.24, 2.45) is 5.73 Å². The van der Waals surface area contributed by atoms with Gasteiger partial charge in [0.2, 0.25) is 0 Å². The second kappa shape index (κ2) is 9.05. The lowest BCUT2D eigenvalue weighted by atomic mass is 9.92. The Labute approximate surface area is 213 Å². The van der Waals surface area contributed by atoms with E-state index in [1.54, 1.807) is 12.1 Å². The zero-order valence-electron chi connectivity index (χ0n) is 20.5. The normalized spacial score (nSPS) is 17.9. The number of aliphatic hydroxyl groups excluding tert-OH is 1. The van der Waals surface area contributed by atoms with Crippen LogP contribution in [-0.4, -0.2) is 37.7 Å². The van der Waals surface area contributed by atoms with E-state index in [1.165, 1.54) is 12.1 Å². The summed E-state index contributed by atoms with van der Waals surface area (Å²) < 4.78 is 15.8. The number of nitrogens with one attached hydrogen (secondary N) is 2. The van der Waals surface area contributed by atoms with E-state index >= 15 is 0 Å². The fourth-order valence-electron chi connectivity index (χ4n) is 5.46. The second-order valence-electron chi connectivity index (χ2n) is 9.87. The lowest BCUT2D eigenvalue weighted by Gasteiger charge is -2.28. The van der Waals surface area contributed by atoms with Gasteiger partial charge in [-0.3, -0.25) is 4.79 Å². The largest absolute Gasteiger partial charge is 0.393 e. The summed E-state index contributed by atoms with van der Waals surface area (Å²) in [5, 5.41) is 14.4. The lowest BCUT2D eigenvalue weighted by Crippen LogP contribution is -2.29. The van der Waals surface area contributed by atoms with Crippen LogP contribution in [0.5, 0.6) is 0 Å². The predicted octanol–water partition coefficient (Wildman–Crippen LogP) is 5.44. The number of nitrogens with zero attached hydrogens (tertiary/aromatic N) is 2. The van der Waals surface area contributed by atoms with Gasteiger partial charge in [0.05, 0.1) is 28.2 Å². The number of nitrogens with two attached hydrogens (primary N) is 1. The highest BCUT2D eigenvalue weighted by Gasteiger charge is 2.22. The second-order valence-corrected chi connectivity index (χ2v) is 9.87. The molecule has 7 nitrogen and oxygen atoms in total. The van der Waals surface area contributed by atoms with Gasteiger partial charge in [0.15, 0.2) is 0 Å². The highest BCUT2D eigenvalue weighted by Crippen LogP contribution is 2.35. The number of fused-ring (bicyclic) bond motifs is 2. The summed E-state index contributed by atoms with van der Waals surface area (Å²) in [7, 11) is 0. The van der Waals surface area contributed by atoms with E-state index in [9.17, 15) is 14.3 Å². The first-order chi connectivity index (χ1) is 17.9. The van der Waals surface area contributed by atoms with E-state index in [0.717, 1.165) is 53.4 Å². The number of aryl methyl sites for hydroxylation is 1. The highest BCUT2D eigenvalue weighted by molar-refractivity contribution is 6.00. The van der Waals surface area contributed by atoms with Crippen molar-refractivity contribution in [3.63, 3.8) is 0 Å². The maximum atomic E-state index is 13.7. The Bertz CT molecular complexity index is 1650. The first-order valence-electron chi connectivity index (χ1n) is 12.5. The zero-order valence-corrected chi connectivity index (χ0v) is 20.5. The average Bonchev–Trinajstić information content (AvgIpc) is 3.46. The smallest absolute Gasteiger partial charge is 0.250 e. The Morgan fingerprint density at radius 3 is 2.73 bits per heavy atom. The molecule has 0 unspecified atom stereocenters. The van der Waals surface area contributed by atoms with Crippen LogP contribution in [0, 0.1) is 12.7 Å². The SMILES string of the molecule is Cc1cn(-c2ccc(C(N)=O)c(NC3CCC(O)CC3)c2)c2cccc(-c3nc4ccc(F)cc4[nH]3)c12. The summed E-state index contributed by atoms with van der Waals surface area (Å²) in [4.78, 5) is 20.1. The third kappa shape index (κ3) is 4.23. The summed E-state index contributed by atoms with van der Waals surface area (Å²) >= 11 is 0. The van der Waals surface area contributed by atoms with Crippen molar-refractivity contribution in [2.75, 3.05) is 5.32 Å². The van der Waals surface area contributed by atoms with Gasteiger partial charge in [-0.2, -0.15) is 0 Å². The van der Waals surface area contributed by atoms with E-state index < -0.39 is 5.91 Å². The van der Waals surface area contributed by atoms with Crippen molar-refractivity contribution in [1.29, 1.82) is 0 Å². The molecule has 8 heteroatoms. The number of primary amides is 1. The Balaban J connectivity index is 1.43. The molecule has 1 fully saturated rings. The molecule has 0 saturated heterocycles. The molecule has 0 aliphatic heterocycles. The average molecular weight is 498 g/mol. The number of benzene rings is 3. The predicted molar refractivity (Wildman–Crippen MR) is 143 cm³/mol. The van der Waals surface area contributed by atoms with E-state index in [4.69, 9.17) is 10.7 Å². The van der Waals surface area contributed by atoms with Crippen LogP contribution in [0.1, 0.15) is 41.6 Å². The van der Waals surface area contributed by atoms with Crippen molar-refractivity contribution in [1.82, 2.24) is 14.5 Å². The standard InChI is InChI=1S/C29H28FN5O2/c1-16-15-35(19-8-11-21(28(31)37)24(14-19)32-18-6-9-20(36)10-7-18)26-4-2-3-22(27(16)26)29-33-23-12-5-17(30)13-25(23)34-29/h2-5,8,11-15,18,20,32,36H,6-7,9-10H2,1H3,(H2,31,37)(H,33,34). The molecule has 0 spiro atoms. The maximum Gasteiger partial charge on any atom is 0.250 e. The Morgan fingerprint density at radius 2 is 1.95 bits per heavy atom. The van der Waals surface area contributed by atoms with Crippen LogP contribution in [0.2, 0.25) is 0 Å². The number of anilines is 1. The fourth-order valence-corrected chi connectivity index (χ4v) is 5.46. The lowest BCUT2D eigenvalue weighted by molar-refractivity contribution is 0.100. The summed E-state index contributed by atoms with van der Waals surface area (Å²) in [6, 6.07) is 16.3. The van der Waals surface area contributed by atoms with Gasteiger partial charge in [0.1, 0.15) is 11.6 Å². The van der Waals surface area contributed by atoms with Crippen molar-refractivity contribution in [3.8, 4) is 17.1 Å². The molecule has 188 valence electrons. The highest BCUT2D eigenvalue weighted by atomic mass is 19.1. The monoisotopic (exact) mass is 497 g/mol. The topological polar surface area (TPSA) is 109 Å². The third-order valence-electron chi connectivity index (χ3n) is 7.32. The van der Waals surface area contributed by atoms with E-state index in [0.29, 0.717) is 28.1 Å². The number of rotatable bonds is 5. The van der Waals surface area contributed by atoms with Crippen LogP contribution in [0.4, 0.5) is 10.1 Å². The zero-order chi connectivity index (χ0) is 25.7. The van der Waals surface area contributed by atoms with Crippen molar-refractivity contribution in [2.45, 2.75) is 44.8 Å². The molecule has 1 saturated carbocycles. The molecular formula is C29H28FN5O2. The number of carbonyl (C=O) groups excluding carboxylic acids is 1. The van der Waals surface area contributed by atoms with Crippen LogP contribution >= 0.6 is 0 Å². The fraction of sp³-hybridized carbons (Fsp3) is 0.241. The van der Waals surface area contributed by atoms with E-state index in [2.05, 4.69) is 28.0 Å². The summed E-state index contributed by atoms with van der Waals surface area (Å²) in [6.07, 6.45) is 4.95. The Morgan fingerprint density at radius 1 is 1.14 bits per heavy atom. The van der Waals surface area contributed by atoms with Gasteiger partial charge in [-0.05, 0) is 80.6 Å². The molecule has 1 aliphatic carbocycles. The van der Waals surface area contributed by atoms with Gasteiger partial charge in [0, 0.05) is 34.6 Å². The summed E-state index contributed by atoms with van der Waals surface area (Å²) in [5.41, 5.74) is 12.1. The van der Waals surface area contributed by atoms with Gasteiger partial charge in [-0.25, -0.2) is 9.37 Å². The van der Waals surface area contributed by atoms with Gasteiger partial charge in [0.25, 0.3) is 5.91 Å². The van der Waals surface area contributed by atoms with Crippen molar-refractivity contribution >= 4 is 33.5 Å². The number of aromatic nitrogens is 3. The molecule has 37 heavy (non-hydrogen) atoms. The number of aliphatic hydroxyl groups is 1. The minimum Gasteiger partial charge on any atom is -0.393 e. The molecule has 3 aromatic carbocycles. The number of H-pyrrole nitrogens is 1.